The van der Waals surface area contributed by atoms with Crippen LogP contribution in [0.3, 0.4) is 0 Å². The highest BCUT2D eigenvalue weighted by Crippen LogP contribution is 2.42. The minimum absolute atomic E-state index is 0.0971. The SMILES string of the molecule is CCn1cc(NCC(=O)N2C[C@H](F)C[C@H]2C(=O)N[C@@H](c2ccccc2)c2ccc(C3CC3)c(F)c2)nn1. The molecule has 3 atom stereocenters. The van der Waals surface area contributed by atoms with Gasteiger partial charge in [0.05, 0.1) is 25.3 Å². The van der Waals surface area contributed by atoms with Gasteiger partial charge in [-0.05, 0) is 48.4 Å². The van der Waals surface area contributed by atoms with Crippen LogP contribution in [0.5, 0.6) is 0 Å². The Labute approximate surface area is 214 Å². The number of alkyl halides is 1. The molecule has 3 aromatic rings. The Bertz CT molecular complexity index is 1260. The van der Waals surface area contributed by atoms with Gasteiger partial charge >= 0.3 is 0 Å². The van der Waals surface area contributed by atoms with Crippen molar-refractivity contribution in [3.63, 3.8) is 0 Å². The van der Waals surface area contributed by atoms with Crippen LogP contribution < -0.4 is 10.6 Å². The van der Waals surface area contributed by atoms with Gasteiger partial charge in [0.1, 0.15) is 18.0 Å². The number of carbonyl (C=O) groups excluding carboxylic acids is 2. The molecular formula is C27H30F2N6O2. The standard InChI is InChI=1S/C27H30F2N6O2/c1-2-34-16-24(32-33-34)30-14-25(36)35-15-20(28)13-23(35)27(37)31-26(18-6-4-3-5-7-18)19-10-11-21(17-8-9-17)22(29)12-19/h3-7,10-12,16-17,20,23,26,30H,2,8-9,13-15H2,1H3,(H,31,37)/t20-,23+,26+/m1/s1. The van der Waals surface area contributed by atoms with Crippen LogP contribution in [-0.4, -0.2) is 57.0 Å². The van der Waals surface area contributed by atoms with Crippen molar-refractivity contribution in [2.45, 2.75) is 56.9 Å². The molecule has 2 aliphatic rings. The maximum absolute atomic E-state index is 14.9. The topological polar surface area (TPSA) is 92.2 Å². The number of nitrogens with one attached hydrogen (secondary N) is 2. The van der Waals surface area contributed by atoms with Crippen LogP contribution in [0.1, 0.15) is 54.8 Å². The number of hydrogen-bond donors (Lipinski definition) is 2. The highest BCUT2D eigenvalue weighted by molar-refractivity contribution is 5.90. The highest BCUT2D eigenvalue weighted by atomic mass is 19.1. The number of anilines is 1. The summed E-state index contributed by atoms with van der Waals surface area (Å²) in [5, 5.41) is 13.7. The van der Waals surface area contributed by atoms with Crippen molar-refractivity contribution in [1.29, 1.82) is 0 Å². The van der Waals surface area contributed by atoms with Gasteiger partial charge in [0.15, 0.2) is 5.82 Å². The van der Waals surface area contributed by atoms with Crippen LogP contribution in [0.15, 0.2) is 54.7 Å². The van der Waals surface area contributed by atoms with E-state index in [1.165, 1.54) is 11.0 Å². The maximum atomic E-state index is 14.9. The van der Waals surface area contributed by atoms with E-state index in [4.69, 9.17) is 0 Å². The monoisotopic (exact) mass is 508 g/mol. The second-order valence-electron chi connectivity index (χ2n) is 9.62. The van der Waals surface area contributed by atoms with E-state index in [0.29, 0.717) is 23.5 Å². The zero-order valence-corrected chi connectivity index (χ0v) is 20.6. The number of halogens is 2. The number of likely N-dealkylation sites (tertiary alicyclic amines) is 1. The van der Waals surface area contributed by atoms with E-state index in [1.807, 2.05) is 43.3 Å². The zero-order chi connectivity index (χ0) is 25.9. The lowest BCUT2D eigenvalue weighted by atomic mass is 9.96. The summed E-state index contributed by atoms with van der Waals surface area (Å²) in [6.07, 6.45) is 2.22. The average molecular weight is 509 g/mol. The molecule has 10 heteroatoms. The van der Waals surface area contributed by atoms with Gasteiger partial charge in [0.2, 0.25) is 11.8 Å². The lowest BCUT2D eigenvalue weighted by Crippen LogP contribution is -2.48. The predicted octanol–water partition coefficient (Wildman–Crippen LogP) is 3.57. The molecule has 2 amide bonds. The first-order valence-electron chi connectivity index (χ1n) is 12.6. The maximum Gasteiger partial charge on any atom is 0.243 e. The number of amides is 2. The van der Waals surface area contributed by atoms with Crippen LogP contribution in [0.2, 0.25) is 0 Å². The summed E-state index contributed by atoms with van der Waals surface area (Å²) in [5.41, 5.74) is 2.05. The van der Waals surface area contributed by atoms with Gasteiger partial charge in [-0.3, -0.25) is 14.3 Å². The molecule has 8 nitrogen and oxygen atoms in total. The molecule has 0 unspecified atom stereocenters. The summed E-state index contributed by atoms with van der Waals surface area (Å²) in [6.45, 7) is 2.24. The molecule has 37 heavy (non-hydrogen) atoms. The molecule has 0 bridgehead atoms. The van der Waals surface area contributed by atoms with Crippen LogP contribution >= 0.6 is 0 Å². The fraction of sp³-hybridized carbons (Fsp3) is 0.407. The van der Waals surface area contributed by atoms with Gasteiger partial charge in [0, 0.05) is 13.0 Å². The minimum Gasteiger partial charge on any atom is -0.358 e. The van der Waals surface area contributed by atoms with E-state index < -0.39 is 30.1 Å². The van der Waals surface area contributed by atoms with Crippen LogP contribution in [0, 0.1) is 5.82 Å². The van der Waals surface area contributed by atoms with E-state index in [2.05, 4.69) is 20.9 Å². The molecule has 0 spiro atoms. The molecule has 1 aromatic heterocycles. The number of rotatable bonds is 9. The van der Waals surface area contributed by atoms with Crippen molar-refractivity contribution in [3.8, 4) is 0 Å². The zero-order valence-electron chi connectivity index (χ0n) is 20.6. The smallest absolute Gasteiger partial charge is 0.243 e. The van der Waals surface area contributed by atoms with E-state index in [1.54, 1.807) is 16.9 Å². The molecule has 1 saturated heterocycles. The summed E-state index contributed by atoms with van der Waals surface area (Å²) in [7, 11) is 0. The van der Waals surface area contributed by atoms with E-state index >= 15 is 0 Å². The third-order valence-electron chi connectivity index (χ3n) is 6.95. The van der Waals surface area contributed by atoms with Gasteiger partial charge in [-0.1, -0.05) is 47.7 Å². The Hall–Kier alpha value is -3.82. The summed E-state index contributed by atoms with van der Waals surface area (Å²) < 4.78 is 31.0. The molecule has 0 radical (unpaired) electrons. The van der Waals surface area contributed by atoms with E-state index in [0.717, 1.165) is 18.4 Å². The Morgan fingerprint density at radius 3 is 2.59 bits per heavy atom. The number of aryl methyl sites for hydroxylation is 1. The normalized spacial score (nSPS) is 20.0. The van der Waals surface area contributed by atoms with Gasteiger partial charge in [0.25, 0.3) is 0 Å². The average Bonchev–Trinajstić information content (AvgIpc) is 3.50. The van der Waals surface area contributed by atoms with Gasteiger partial charge in [-0.15, -0.1) is 5.10 Å². The Kier molecular flexibility index (Phi) is 7.16. The summed E-state index contributed by atoms with van der Waals surface area (Å²) in [4.78, 5) is 27.6. The van der Waals surface area contributed by atoms with Crippen LogP contribution in [0.4, 0.5) is 14.6 Å². The highest BCUT2D eigenvalue weighted by Gasteiger charge is 2.40. The molecule has 2 N–H and O–H groups in total. The quantitative estimate of drug-likeness (QED) is 0.461. The van der Waals surface area contributed by atoms with Crippen molar-refractivity contribution in [2.75, 3.05) is 18.4 Å². The predicted molar refractivity (Wildman–Crippen MR) is 134 cm³/mol. The third-order valence-corrected chi connectivity index (χ3v) is 6.95. The van der Waals surface area contributed by atoms with Crippen molar-refractivity contribution >= 4 is 17.6 Å². The molecule has 1 aliphatic carbocycles. The molecule has 2 fully saturated rings. The molecule has 2 heterocycles. The number of hydrogen-bond acceptors (Lipinski definition) is 5. The minimum atomic E-state index is -1.31. The van der Waals surface area contributed by atoms with Crippen LogP contribution in [-0.2, 0) is 16.1 Å². The lowest BCUT2D eigenvalue weighted by molar-refractivity contribution is -0.137. The van der Waals surface area contributed by atoms with Gasteiger partial charge in [-0.25, -0.2) is 8.78 Å². The summed E-state index contributed by atoms with van der Waals surface area (Å²) in [6, 6.07) is 12.7. The third kappa shape index (κ3) is 5.63. The summed E-state index contributed by atoms with van der Waals surface area (Å²) >= 11 is 0. The second kappa shape index (κ2) is 10.7. The fourth-order valence-electron chi connectivity index (χ4n) is 4.80. The number of benzene rings is 2. The van der Waals surface area contributed by atoms with Crippen molar-refractivity contribution in [3.05, 3.63) is 77.2 Å². The van der Waals surface area contributed by atoms with Crippen molar-refractivity contribution in [2.24, 2.45) is 0 Å². The Balaban J connectivity index is 1.32. The van der Waals surface area contributed by atoms with Gasteiger partial charge < -0.3 is 15.5 Å². The Morgan fingerprint density at radius 1 is 1.14 bits per heavy atom. The molecule has 1 saturated carbocycles. The number of carbonyl (C=O) groups is 2. The first-order chi connectivity index (χ1) is 17.9. The first kappa shape index (κ1) is 24.9. The molecule has 2 aromatic carbocycles. The summed E-state index contributed by atoms with van der Waals surface area (Å²) in [5.74, 6) is -0.498. The van der Waals surface area contributed by atoms with E-state index in [-0.39, 0.29) is 31.2 Å². The largest absolute Gasteiger partial charge is 0.358 e. The van der Waals surface area contributed by atoms with Crippen LogP contribution in [0.25, 0.3) is 0 Å². The van der Waals surface area contributed by atoms with Crippen molar-refractivity contribution in [1.82, 2.24) is 25.2 Å². The number of aromatic nitrogens is 3. The second-order valence-corrected chi connectivity index (χ2v) is 9.62. The number of nitrogens with zero attached hydrogens (tertiary/aromatic N) is 4. The van der Waals surface area contributed by atoms with Gasteiger partial charge in [-0.2, -0.15) is 0 Å². The van der Waals surface area contributed by atoms with E-state index in [9.17, 15) is 18.4 Å². The fourth-order valence-corrected chi connectivity index (χ4v) is 4.80. The Morgan fingerprint density at radius 2 is 1.92 bits per heavy atom. The molecule has 194 valence electrons. The van der Waals surface area contributed by atoms with Crippen molar-refractivity contribution < 1.29 is 18.4 Å². The first-order valence-corrected chi connectivity index (χ1v) is 12.6. The molecule has 5 rings (SSSR count). The molecule has 1 aliphatic heterocycles. The lowest BCUT2D eigenvalue weighted by Gasteiger charge is -2.27. The molecular weight excluding hydrogens is 478 g/mol.